The van der Waals surface area contributed by atoms with Gasteiger partial charge in [0.25, 0.3) is 0 Å². The summed E-state index contributed by atoms with van der Waals surface area (Å²) in [4.78, 5) is 17.7. The van der Waals surface area contributed by atoms with Gasteiger partial charge in [0.1, 0.15) is 11.9 Å². The number of benzene rings is 1. The topological polar surface area (TPSA) is 89.2 Å². The Morgan fingerprint density at radius 2 is 2.07 bits per heavy atom. The first-order valence-corrected chi connectivity index (χ1v) is 9.26. The Bertz CT molecular complexity index is 624. The summed E-state index contributed by atoms with van der Waals surface area (Å²) in [6.07, 6.45) is 1.21. The summed E-state index contributed by atoms with van der Waals surface area (Å²) < 4.78 is 10.8. The van der Waals surface area contributed by atoms with E-state index in [1.165, 1.54) is 0 Å². The Labute approximate surface area is 182 Å². The average molecular weight is 511 g/mol. The number of nitrogens with zero attached hydrogens (tertiary/aromatic N) is 2. The fourth-order valence-corrected chi connectivity index (χ4v) is 2.88. The zero-order valence-corrected chi connectivity index (χ0v) is 18.8. The van der Waals surface area contributed by atoms with Gasteiger partial charge in [0, 0.05) is 19.1 Å². The van der Waals surface area contributed by atoms with Crippen molar-refractivity contribution in [1.29, 1.82) is 0 Å². The number of carbonyl (C=O) groups is 1. The summed E-state index contributed by atoms with van der Waals surface area (Å²) in [6, 6.07) is 7.53. The first-order valence-electron chi connectivity index (χ1n) is 8.89. The number of likely N-dealkylation sites (tertiary alicyclic amines) is 1. The van der Waals surface area contributed by atoms with Crippen molar-refractivity contribution in [3.8, 4) is 5.75 Å². The molecule has 1 unspecified atom stereocenters. The highest BCUT2D eigenvalue weighted by atomic mass is 127. The van der Waals surface area contributed by atoms with Crippen LogP contribution in [0.1, 0.15) is 26.7 Å². The number of ether oxygens (including phenoxy) is 2. The summed E-state index contributed by atoms with van der Waals surface area (Å²) >= 11 is 6.08. The Morgan fingerprint density at radius 3 is 2.70 bits per heavy atom. The van der Waals surface area contributed by atoms with Gasteiger partial charge in [-0.2, -0.15) is 0 Å². The molecule has 0 saturated carbocycles. The molecule has 0 aliphatic carbocycles. The van der Waals surface area contributed by atoms with Gasteiger partial charge in [0.15, 0.2) is 5.96 Å². The smallest absolute Gasteiger partial charge is 0.409 e. The molecule has 27 heavy (non-hydrogen) atoms. The molecule has 1 saturated heterocycles. The number of nitrogens with one attached hydrogen (secondary N) is 1. The molecular weight excluding hydrogens is 483 g/mol. The molecule has 9 heteroatoms. The normalized spacial score (nSPS) is 16.3. The van der Waals surface area contributed by atoms with E-state index in [9.17, 15) is 4.79 Å². The van der Waals surface area contributed by atoms with Crippen LogP contribution >= 0.6 is 35.6 Å². The maximum Gasteiger partial charge on any atom is 0.409 e. The van der Waals surface area contributed by atoms with Crippen LogP contribution < -0.4 is 15.8 Å². The molecule has 1 aromatic rings. The molecule has 0 radical (unpaired) electrons. The second-order valence-electron chi connectivity index (χ2n) is 6.19. The molecule has 1 amide bonds. The maximum atomic E-state index is 11.7. The van der Waals surface area contributed by atoms with Crippen molar-refractivity contribution >= 4 is 47.6 Å². The van der Waals surface area contributed by atoms with Crippen molar-refractivity contribution in [1.82, 2.24) is 10.2 Å². The minimum atomic E-state index is -0.252. The van der Waals surface area contributed by atoms with E-state index in [-0.39, 0.29) is 42.2 Å². The third kappa shape index (κ3) is 8.00. The van der Waals surface area contributed by atoms with Crippen LogP contribution in [-0.4, -0.2) is 55.3 Å². The number of rotatable bonds is 6. The summed E-state index contributed by atoms with van der Waals surface area (Å²) in [6.45, 7) is 5.83. The average Bonchev–Trinajstić information content (AvgIpc) is 2.63. The van der Waals surface area contributed by atoms with Crippen molar-refractivity contribution in [2.75, 3.05) is 26.2 Å². The minimum Gasteiger partial charge on any atom is -0.487 e. The van der Waals surface area contributed by atoms with Crippen LogP contribution in [0, 0.1) is 0 Å². The molecule has 7 nitrogen and oxygen atoms in total. The van der Waals surface area contributed by atoms with Crippen LogP contribution in [0.5, 0.6) is 5.75 Å². The van der Waals surface area contributed by atoms with Crippen molar-refractivity contribution in [2.45, 2.75) is 38.8 Å². The molecular formula is C18H28ClIN4O3. The number of guanidine groups is 1. The lowest BCUT2D eigenvalue weighted by molar-refractivity contribution is 0.0963. The molecule has 1 fully saturated rings. The van der Waals surface area contributed by atoms with Gasteiger partial charge >= 0.3 is 6.09 Å². The van der Waals surface area contributed by atoms with Crippen LogP contribution in [0.25, 0.3) is 0 Å². The lowest BCUT2D eigenvalue weighted by Crippen LogP contribution is -2.48. The van der Waals surface area contributed by atoms with Gasteiger partial charge < -0.3 is 25.4 Å². The van der Waals surface area contributed by atoms with Gasteiger partial charge in [-0.25, -0.2) is 9.79 Å². The lowest BCUT2D eigenvalue weighted by Gasteiger charge is -2.31. The summed E-state index contributed by atoms with van der Waals surface area (Å²) in [5.41, 5.74) is 5.97. The van der Waals surface area contributed by atoms with Gasteiger partial charge in [-0.1, -0.05) is 23.7 Å². The predicted octanol–water partition coefficient (Wildman–Crippen LogP) is 3.25. The number of hydrogen-bond donors (Lipinski definition) is 2. The van der Waals surface area contributed by atoms with Gasteiger partial charge in [-0.05, 0) is 38.8 Å². The number of halogens is 2. The second-order valence-corrected chi connectivity index (χ2v) is 6.60. The van der Waals surface area contributed by atoms with Crippen LogP contribution in [0.15, 0.2) is 29.3 Å². The quantitative estimate of drug-likeness (QED) is 0.348. The third-order valence-electron chi connectivity index (χ3n) is 4.06. The number of aliphatic imine (C=N–C) groups is 1. The largest absolute Gasteiger partial charge is 0.487 e. The Hall–Kier alpha value is -1.42. The Balaban J connectivity index is 0.00000364. The highest BCUT2D eigenvalue weighted by Gasteiger charge is 2.23. The van der Waals surface area contributed by atoms with Crippen molar-refractivity contribution in [2.24, 2.45) is 10.7 Å². The van der Waals surface area contributed by atoms with E-state index in [0.717, 1.165) is 12.8 Å². The number of nitrogens with two attached hydrogens (primary N) is 1. The fraction of sp³-hybridized carbons (Fsp3) is 0.556. The summed E-state index contributed by atoms with van der Waals surface area (Å²) in [5, 5.41) is 3.78. The summed E-state index contributed by atoms with van der Waals surface area (Å²) in [7, 11) is 0. The molecule has 0 bridgehead atoms. The predicted molar refractivity (Wildman–Crippen MR) is 118 cm³/mol. The summed E-state index contributed by atoms with van der Waals surface area (Å²) in [5.74, 6) is 1.02. The molecule has 152 valence electrons. The minimum absolute atomic E-state index is 0. The van der Waals surface area contributed by atoms with E-state index in [1.807, 2.05) is 25.1 Å². The van der Waals surface area contributed by atoms with Gasteiger partial charge in [-0.15, -0.1) is 24.0 Å². The molecule has 0 aromatic heterocycles. The van der Waals surface area contributed by atoms with Crippen molar-refractivity contribution < 1.29 is 14.3 Å². The van der Waals surface area contributed by atoms with Crippen LogP contribution in [0.3, 0.4) is 0 Å². The standard InChI is InChI=1S/C18H27ClN4O3.HI/c1-3-25-18(24)23-10-8-14(9-11-23)22-17(20)21-12-13(2)26-16-7-5-4-6-15(16)19;/h4-7,13-14H,3,8-12H2,1-2H3,(H3,20,21,22);1H. The lowest BCUT2D eigenvalue weighted by atomic mass is 10.1. The molecule has 1 heterocycles. The SMILES string of the molecule is CCOC(=O)N1CCC(NC(N)=NCC(C)Oc2ccccc2Cl)CC1.I. The second kappa shape index (κ2) is 12.1. The first kappa shape index (κ1) is 23.6. The monoisotopic (exact) mass is 510 g/mol. The van der Waals surface area contributed by atoms with E-state index in [4.69, 9.17) is 26.8 Å². The number of amides is 1. The zero-order valence-electron chi connectivity index (χ0n) is 15.7. The number of piperidine rings is 1. The van der Waals surface area contributed by atoms with Crippen molar-refractivity contribution in [3.63, 3.8) is 0 Å². The molecule has 1 atom stereocenters. The zero-order chi connectivity index (χ0) is 18.9. The molecule has 1 aliphatic rings. The molecule has 2 rings (SSSR count). The highest BCUT2D eigenvalue weighted by molar-refractivity contribution is 14.0. The van der Waals surface area contributed by atoms with Crippen LogP contribution in [-0.2, 0) is 4.74 Å². The fourth-order valence-electron chi connectivity index (χ4n) is 2.70. The van der Waals surface area contributed by atoms with Crippen LogP contribution in [0.4, 0.5) is 4.79 Å². The highest BCUT2D eigenvalue weighted by Crippen LogP contribution is 2.24. The van der Waals surface area contributed by atoms with E-state index >= 15 is 0 Å². The Kier molecular flexibility index (Phi) is 10.6. The molecule has 3 N–H and O–H groups in total. The molecule has 0 spiro atoms. The van der Waals surface area contributed by atoms with E-state index in [0.29, 0.717) is 43.0 Å². The van der Waals surface area contributed by atoms with E-state index < -0.39 is 0 Å². The van der Waals surface area contributed by atoms with E-state index in [1.54, 1.807) is 17.9 Å². The molecule has 1 aromatic carbocycles. The first-order chi connectivity index (χ1) is 12.5. The number of para-hydroxylation sites is 1. The van der Waals surface area contributed by atoms with Gasteiger partial charge in [0.2, 0.25) is 0 Å². The third-order valence-corrected chi connectivity index (χ3v) is 4.37. The van der Waals surface area contributed by atoms with Crippen molar-refractivity contribution in [3.05, 3.63) is 29.3 Å². The number of hydrogen-bond acceptors (Lipinski definition) is 4. The van der Waals surface area contributed by atoms with E-state index in [2.05, 4.69) is 10.3 Å². The van der Waals surface area contributed by atoms with Gasteiger partial charge in [-0.3, -0.25) is 0 Å². The molecule has 1 aliphatic heterocycles. The number of carbonyl (C=O) groups excluding carboxylic acids is 1. The maximum absolute atomic E-state index is 11.7. The Morgan fingerprint density at radius 1 is 1.41 bits per heavy atom. The van der Waals surface area contributed by atoms with Crippen LogP contribution in [0.2, 0.25) is 5.02 Å². The van der Waals surface area contributed by atoms with Gasteiger partial charge in [0.05, 0.1) is 18.2 Å².